The van der Waals surface area contributed by atoms with Crippen LogP contribution >= 0.6 is 0 Å². The number of hydrazine groups is 1. The van der Waals surface area contributed by atoms with Crippen molar-refractivity contribution in [2.75, 3.05) is 6.61 Å². The molecule has 0 spiro atoms. The van der Waals surface area contributed by atoms with Crippen molar-refractivity contribution in [3.63, 3.8) is 0 Å². The molecule has 0 aromatic heterocycles. The van der Waals surface area contributed by atoms with Crippen LogP contribution in [-0.4, -0.2) is 12.2 Å². The van der Waals surface area contributed by atoms with Crippen LogP contribution in [0, 0.1) is 12.7 Å². The lowest BCUT2D eigenvalue weighted by atomic mass is 9.76. The third-order valence-corrected chi connectivity index (χ3v) is 4.34. The standard InChI is InChI=1S/C16H25FN2O/c1-3-20-16(9-5-4-6-10-16)15(19-18)13-7-8-14(17)12(2)11-13/h7-8,11,15,19H,3-6,9-10,18H2,1-2H3. The summed E-state index contributed by atoms with van der Waals surface area (Å²) in [5.74, 6) is 5.63. The van der Waals surface area contributed by atoms with Crippen LogP contribution in [0.2, 0.25) is 0 Å². The van der Waals surface area contributed by atoms with E-state index >= 15 is 0 Å². The van der Waals surface area contributed by atoms with Gasteiger partial charge in [0.2, 0.25) is 0 Å². The zero-order valence-corrected chi connectivity index (χ0v) is 12.4. The van der Waals surface area contributed by atoms with Gasteiger partial charge in [-0.25, -0.2) is 4.39 Å². The van der Waals surface area contributed by atoms with Gasteiger partial charge in [-0.2, -0.15) is 0 Å². The Morgan fingerprint density at radius 1 is 1.35 bits per heavy atom. The van der Waals surface area contributed by atoms with Crippen molar-refractivity contribution in [1.82, 2.24) is 5.43 Å². The maximum Gasteiger partial charge on any atom is 0.126 e. The molecule has 0 heterocycles. The van der Waals surface area contributed by atoms with Gasteiger partial charge in [0.25, 0.3) is 0 Å². The van der Waals surface area contributed by atoms with Crippen LogP contribution in [0.15, 0.2) is 18.2 Å². The molecule has 0 bridgehead atoms. The molecule has 1 aromatic carbocycles. The summed E-state index contributed by atoms with van der Waals surface area (Å²) in [5, 5.41) is 0. The van der Waals surface area contributed by atoms with E-state index in [0.717, 1.165) is 31.2 Å². The molecule has 1 aliphatic carbocycles. The lowest BCUT2D eigenvalue weighted by Crippen LogP contribution is -2.49. The molecule has 1 unspecified atom stereocenters. The van der Waals surface area contributed by atoms with Gasteiger partial charge in [-0.3, -0.25) is 11.3 Å². The predicted octanol–water partition coefficient (Wildman–Crippen LogP) is 3.38. The minimum atomic E-state index is -0.272. The first-order chi connectivity index (χ1) is 9.63. The molecular weight excluding hydrogens is 255 g/mol. The van der Waals surface area contributed by atoms with Crippen molar-refractivity contribution in [3.05, 3.63) is 35.1 Å². The van der Waals surface area contributed by atoms with Crippen LogP contribution in [0.1, 0.15) is 56.2 Å². The Hall–Kier alpha value is -0.970. The van der Waals surface area contributed by atoms with Crippen LogP contribution in [0.25, 0.3) is 0 Å². The maximum atomic E-state index is 13.5. The van der Waals surface area contributed by atoms with E-state index in [9.17, 15) is 4.39 Å². The van der Waals surface area contributed by atoms with E-state index in [1.807, 2.05) is 19.1 Å². The molecule has 3 nitrogen and oxygen atoms in total. The van der Waals surface area contributed by atoms with Crippen molar-refractivity contribution < 1.29 is 9.13 Å². The van der Waals surface area contributed by atoms with E-state index in [-0.39, 0.29) is 17.5 Å². The summed E-state index contributed by atoms with van der Waals surface area (Å²) in [6.07, 6.45) is 5.53. The Balaban J connectivity index is 2.34. The monoisotopic (exact) mass is 280 g/mol. The summed E-state index contributed by atoms with van der Waals surface area (Å²) in [5.41, 5.74) is 4.29. The summed E-state index contributed by atoms with van der Waals surface area (Å²) in [7, 11) is 0. The van der Waals surface area contributed by atoms with E-state index < -0.39 is 0 Å². The van der Waals surface area contributed by atoms with Gasteiger partial charge in [0.05, 0.1) is 11.6 Å². The fourth-order valence-corrected chi connectivity index (χ4v) is 3.35. The molecule has 0 amide bonds. The van der Waals surface area contributed by atoms with Crippen molar-refractivity contribution in [1.29, 1.82) is 0 Å². The average Bonchev–Trinajstić information content (AvgIpc) is 2.45. The molecule has 0 radical (unpaired) electrons. The second-order valence-corrected chi connectivity index (χ2v) is 5.67. The molecule has 20 heavy (non-hydrogen) atoms. The quantitative estimate of drug-likeness (QED) is 0.642. The molecule has 3 N–H and O–H groups in total. The van der Waals surface area contributed by atoms with Crippen molar-refractivity contribution >= 4 is 0 Å². The number of ether oxygens (including phenoxy) is 1. The summed E-state index contributed by atoms with van der Waals surface area (Å²) in [6, 6.07) is 5.09. The second kappa shape index (κ2) is 6.66. The van der Waals surface area contributed by atoms with E-state index in [1.165, 1.54) is 12.5 Å². The third-order valence-electron chi connectivity index (χ3n) is 4.34. The van der Waals surface area contributed by atoms with Gasteiger partial charge in [-0.1, -0.05) is 31.4 Å². The molecular formula is C16H25FN2O. The topological polar surface area (TPSA) is 47.3 Å². The van der Waals surface area contributed by atoms with Gasteiger partial charge < -0.3 is 4.74 Å². The van der Waals surface area contributed by atoms with Crippen LogP contribution < -0.4 is 11.3 Å². The van der Waals surface area contributed by atoms with Crippen LogP contribution in [0.3, 0.4) is 0 Å². The van der Waals surface area contributed by atoms with E-state index in [0.29, 0.717) is 12.2 Å². The lowest BCUT2D eigenvalue weighted by Gasteiger charge is -2.43. The largest absolute Gasteiger partial charge is 0.373 e. The van der Waals surface area contributed by atoms with Crippen LogP contribution in [0.5, 0.6) is 0 Å². The Bertz CT molecular complexity index is 439. The second-order valence-electron chi connectivity index (χ2n) is 5.67. The fraction of sp³-hybridized carbons (Fsp3) is 0.625. The van der Waals surface area contributed by atoms with E-state index in [2.05, 4.69) is 5.43 Å². The highest BCUT2D eigenvalue weighted by molar-refractivity contribution is 5.28. The molecule has 1 atom stereocenters. The van der Waals surface area contributed by atoms with Gasteiger partial charge in [-0.15, -0.1) is 0 Å². The predicted molar refractivity (Wildman–Crippen MR) is 78.6 cm³/mol. The van der Waals surface area contributed by atoms with Gasteiger partial charge in [-0.05, 0) is 43.9 Å². The summed E-state index contributed by atoms with van der Waals surface area (Å²) in [6.45, 7) is 4.46. The Kier molecular flexibility index (Phi) is 5.13. The van der Waals surface area contributed by atoms with Gasteiger partial charge in [0.15, 0.2) is 0 Å². The molecule has 1 aliphatic rings. The number of benzene rings is 1. The average molecular weight is 280 g/mol. The van der Waals surface area contributed by atoms with E-state index in [4.69, 9.17) is 10.6 Å². The number of halogens is 1. The van der Waals surface area contributed by atoms with Crippen LogP contribution in [0.4, 0.5) is 4.39 Å². The number of hydrogen-bond acceptors (Lipinski definition) is 3. The SMILES string of the molecule is CCOC1(C(NN)c2ccc(F)c(C)c2)CCCCC1. The number of rotatable bonds is 5. The Labute approximate surface area is 120 Å². The smallest absolute Gasteiger partial charge is 0.126 e. The highest BCUT2D eigenvalue weighted by Gasteiger charge is 2.41. The highest BCUT2D eigenvalue weighted by Crippen LogP contribution is 2.41. The first-order valence-corrected chi connectivity index (χ1v) is 7.49. The minimum Gasteiger partial charge on any atom is -0.373 e. The lowest BCUT2D eigenvalue weighted by molar-refractivity contribution is -0.0913. The minimum absolute atomic E-state index is 0.0953. The Morgan fingerprint density at radius 3 is 2.60 bits per heavy atom. The summed E-state index contributed by atoms with van der Waals surface area (Å²) < 4.78 is 19.6. The zero-order valence-electron chi connectivity index (χ0n) is 12.4. The number of nitrogens with one attached hydrogen (secondary N) is 1. The normalized spacial score (nSPS) is 19.8. The molecule has 1 aromatic rings. The number of aryl methyl sites for hydroxylation is 1. The Morgan fingerprint density at radius 2 is 2.05 bits per heavy atom. The summed E-state index contributed by atoms with van der Waals surface area (Å²) >= 11 is 0. The van der Waals surface area contributed by atoms with Gasteiger partial charge in [0.1, 0.15) is 5.82 Å². The van der Waals surface area contributed by atoms with Crippen molar-refractivity contribution in [2.45, 2.75) is 57.6 Å². The molecule has 1 saturated carbocycles. The molecule has 0 aliphatic heterocycles. The highest BCUT2D eigenvalue weighted by atomic mass is 19.1. The van der Waals surface area contributed by atoms with E-state index in [1.54, 1.807) is 6.92 Å². The number of hydrogen-bond donors (Lipinski definition) is 2. The first kappa shape index (κ1) is 15.4. The third kappa shape index (κ3) is 3.03. The molecule has 1 fully saturated rings. The molecule has 112 valence electrons. The molecule has 0 saturated heterocycles. The molecule has 2 rings (SSSR count). The van der Waals surface area contributed by atoms with Crippen molar-refractivity contribution in [2.24, 2.45) is 5.84 Å². The maximum absolute atomic E-state index is 13.5. The van der Waals surface area contributed by atoms with Gasteiger partial charge >= 0.3 is 0 Å². The zero-order chi connectivity index (χ0) is 14.6. The van der Waals surface area contributed by atoms with Crippen LogP contribution in [-0.2, 0) is 4.74 Å². The van der Waals surface area contributed by atoms with Crippen molar-refractivity contribution in [3.8, 4) is 0 Å². The molecule has 4 heteroatoms. The van der Waals surface area contributed by atoms with Gasteiger partial charge in [0, 0.05) is 6.61 Å². The fourth-order valence-electron chi connectivity index (χ4n) is 3.35. The first-order valence-electron chi connectivity index (χ1n) is 7.49. The number of nitrogens with two attached hydrogens (primary N) is 1. The summed E-state index contributed by atoms with van der Waals surface area (Å²) in [4.78, 5) is 0.